The molecule has 1 aliphatic heterocycles. The van der Waals surface area contributed by atoms with E-state index in [9.17, 15) is 0 Å². The van der Waals surface area contributed by atoms with E-state index in [4.69, 9.17) is 12.6 Å². The standard InChI is InChI=1S/C5H9BO/c6-3-5-1-2-7-4-5/h5H,1-4H2. The van der Waals surface area contributed by atoms with Crippen LogP contribution in [0, 0.1) is 5.92 Å². The Morgan fingerprint density at radius 2 is 2.57 bits per heavy atom. The molecule has 0 aromatic heterocycles. The van der Waals surface area contributed by atoms with Gasteiger partial charge in [0.2, 0.25) is 0 Å². The monoisotopic (exact) mass is 96.1 g/mol. The van der Waals surface area contributed by atoms with Crippen LogP contribution in [0.4, 0.5) is 0 Å². The molecule has 0 aromatic carbocycles. The van der Waals surface area contributed by atoms with E-state index in [0.717, 1.165) is 26.0 Å². The zero-order valence-electron chi connectivity index (χ0n) is 4.39. The molecule has 1 nitrogen and oxygen atoms in total. The third-order valence-corrected chi connectivity index (χ3v) is 1.36. The maximum absolute atomic E-state index is 5.35. The minimum Gasteiger partial charge on any atom is -0.381 e. The van der Waals surface area contributed by atoms with Crippen LogP contribution in [0.25, 0.3) is 0 Å². The van der Waals surface area contributed by atoms with Gasteiger partial charge in [-0.15, -0.1) is 0 Å². The van der Waals surface area contributed by atoms with Crippen LogP contribution < -0.4 is 0 Å². The summed E-state index contributed by atoms with van der Waals surface area (Å²) < 4.78 is 5.07. The van der Waals surface area contributed by atoms with Crippen molar-refractivity contribution in [2.45, 2.75) is 12.7 Å². The molecule has 1 rings (SSSR count). The highest BCUT2D eigenvalue weighted by molar-refractivity contribution is 6.08. The van der Waals surface area contributed by atoms with Crippen molar-refractivity contribution < 1.29 is 4.74 Å². The number of hydrogen-bond acceptors (Lipinski definition) is 1. The summed E-state index contributed by atoms with van der Waals surface area (Å²) in [6.07, 6.45) is 1.95. The molecule has 0 bridgehead atoms. The van der Waals surface area contributed by atoms with Gasteiger partial charge in [0.15, 0.2) is 0 Å². The summed E-state index contributed by atoms with van der Waals surface area (Å²) in [6.45, 7) is 1.80. The molecule has 1 atom stereocenters. The number of ether oxygens (including phenoxy) is 1. The van der Waals surface area contributed by atoms with Gasteiger partial charge < -0.3 is 4.74 Å². The zero-order valence-corrected chi connectivity index (χ0v) is 4.39. The Labute approximate surface area is 45.5 Å². The smallest absolute Gasteiger partial charge is 0.0657 e. The fourth-order valence-electron chi connectivity index (χ4n) is 0.769. The van der Waals surface area contributed by atoms with Crippen molar-refractivity contribution in [1.29, 1.82) is 0 Å². The minimum absolute atomic E-state index is 0.653. The summed E-state index contributed by atoms with van der Waals surface area (Å²) in [6, 6.07) is 0. The fourth-order valence-corrected chi connectivity index (χ4v) is 0.769. The zero-order chi connectivity index (χ0) is 5.11. The molecular formula is C5H9BO. The molecule has 1 fully saturated rings. The largest absolute Gasteiger partial charge is 0.381 e. The van der Waals surface area contributed by atoms with Gasteiger partial charge in [0.25, 0.3) is 0 Å². The Bertz CT molecular complexity index is 50.0. The molecule has 0 aromatic rings. The fraction of sp³-hybridized carbons (Fsp3) is 1.00. The van der Waals surface area contributed by atoms with E-state index in [0.29, 0.717) is 5.92 Å². The lowest BCUT2D eigenvalue weighted by atomic mass is 9.91. The van der Waals surface area contributed by atoms with Gasteiger partial charge in [0.05, 0.1) is 7.85 Å². The van der Waals surface area contributed by atoms with Gasteiger partial charge in [-0.25, -0.2) is 0 Å². The average molecular weight is 95.9 g/mol. The highest BCUT2D eigenvalue weighted by Gasteiger charge is 2.11. The predicted molar refractivity (Wildman–Crippen MR) is 29.5 cm³/mol. The number of hydrogen-bond donors (Lipinski definition) is 0. The molecule has 1 heterocycles. The van der Waals surface area contributed by atoms with Crippen LogP contribution in [0.5, 0.6) is 0 Å². The number of rotatable bonds is 1. The van der Waals surface area contributed by atoms with E-state index >= 15 is 0 Å². The van der Waals surface area contributed by atoms with Gasteiger partial charge in [-0.1, -0.05) is 6.32 Å². The molecule has 1 saturated heterocycles. The second-order valence-electron chi connectivity index (χ2n) is 1.97. The molecular weight excluding hydrogens is 86.9 g/mol. The molecule has 38 valence electrons. The summed E-state index contributed by atoms with van der Waals surface area (Å²) in [5.41, 5.74) is 0. The first kappa shape index (κ1) is 5.17. The first-order valence-electron chi connectivity index (χ1n) is 2.71. The summed E-state index contributed by atoms with van der Waals surface area (Å²) in [7, 11) is 5.35. The quantitative estimate of drug-likeness (QED) is 0.434. The van der Waals surface area contributed by atoms with Gasteiger partial charge in [-0.3, -0.25) is 0 Å². The van der Waals surface area contributed by atoms with Crippen LogP contribution in [0.15, 0.2) is 0 Å². The first-order valence-corrected chi connectivity index (χ1v) is 2.71. The Kier molecular flexibility index (Phi) is 1.74. The Morgan fingerprint density at radius 3 is 2.86 bits per heavy atom. The Hall–Kier alpha value is 0.0249. The summed E-state index contributed by atoms with van der Waals surface area (Å²) in [5.74, 6) is 0.653. The second kappa shape index (κ2) is 2.36. The maximum Gasteiger partial charge on any atom is 0.0657 e. The van der Waals surface area contributed by atoms with E-state index in [1.807, 2.05) is 0 Å². The summed E-state index contributed by atoms with van der Waals surface area (Å²) in [4.78, 5) is 0. The predicted octanol–water partition coefficient (Wildman–Crippen LogP) is 0.610. The minimum atomic E-state index is 0.653. The molecule has 2 heteroatoms. The molecule has 7 heavy (non-hydrogen) atoms. The lowest BCUT2D eigenvalue weighted by Crippen LogP contribution is -1.95. The van der Waals surface area contributed by atoms with Crippen LogP contribution in [-0.4, -0.2) is 21.1 Å². The van der Waals surface area contributed by atoms with Gasteiger partial charge in [-0.05, 0) is 12.3 Å². The van der Waals surface area contributed by atoms with Gasteiger partial charge in [0, 0.05) is 13.2 Å². The van der Waals surface area contributed by atoms with E-state index in [2.05, 4.69) is 0 Å². The highest BCUT2D eigenvalue weighted by Crippen LogP contribution is 2.13. The molecule has 2 radical (unpaired) electrons. The first-order chi connectivity index (χ1) is 3.43. The third kappa shape index (κ3) is 1.20. The van der Waals surface area contributed by atoms with Gasteiger partial charge in [0.1, 0.15) is 0 Å². The molecule has 0 spiro atoms. The summed E-state index contributed by atoms with van der Waals surface area (Å²) >= 11 is 0. The van der Waals surface area contributed by atoms with E-state index < -0.39 is 0 Å². The molecule has 0 amide bonds. The van der Waals surface area contributed by atoms with Crippen LogP contribution in [0.2, 0.25) is 6.32 Å². The van der Waals surface area contributed by atoms with Crippen LogP contribution in [-0.2, 0) is 4.74 Å². The average Bonchev–Trinajstić information content (AvgIpc) is 2.14. The topological polar surface area (TPSA) is 9.23 Å². The summed E-state index contributed by atoms with van der Waals surface area (Å²) in [5, 5.41) is 0. The van der Waals surface area contributed by atoms with E-state index in [-0.39, 0.29) is 0 Å². The molecule has 0 aliphatic carbocycles. The van der Waals surface area contributed by atoms with E-state index in [1.165, 1.54) is 0 Å². The van der Waals surface area contributed by atoms with Crippen molar-refractivity contribution in [3.05, 3.63) is 0 Å². The third-order valence-electron chi connectivity index (χ3n) is 1.36. The molecule has 0 N–H and O–H groups in total. The maximum atomic E-state index is 5.35. The van der Waals surface area contributed by atoms with E-state index in [1.54, 1.807) is 0 Å². The van der Waals surface area contributed by atoms with Crippen molar-refractivity contribution >= 4 is 7.85 Å². The van der Waals surface area contributed by atoms with Crippen molar-refractivity contribution in [2.24, 2.45) is 5.92 Å². The van der Waals surface area contributed by atoms with Crippen molar-refractivity contribution in [1.82, 2.24) is 0 Å². The van der Waals surface area contributed by atoms with Crippen molar-refractivity contribution in [3.8, 4) is 0 Å². The SMILES string of the molecule is [B]CC1CCOC1. The molecule has 1 unspecified atom stereocenters. The Balaban J connectivity index is 2.14. The normalized spacial score (nSPS) is 31.1. The molecule has 0 saturated carbocycles. The highest BCUT2D eigenvalue weighted by atomic mass is 16.5. The molecule has 1 aliphatic rings. The second-order valence-corrected chi connectivity index (χ2v) is 1.97. The van der Waals surface area contributed by atoms with Crippen molar-refractivity contribution in [2.75, 3.05) is 13.2 Å². The van der Waals surface area contributed by atoms with Crippen LogP contribution in [0.3, 0.4) is 0 Å². The van der Waals surface area contributed by atoms with Crippen LogP contribution in [0.1, 0.15) is 6.42 Å². The van der Waals surface area contributed by atoms with Gasteiger partial charge in [-0.2, -0.15) is 0 Å². The van der Waals surface area contributed by atoms with Crippen molar-refractivity contribution in [3.63, 3.8) is 0 Å². The van der Waals surface area contributed by atoms with Gasteiger partial charge >= 0.3 is 0 Å². The van der Waals surface area contributed by atoms with Crippen LogP contribution >= 0.6 is 0 Å². The lowest BCUT2D eigenvalue weighted by molar-refractivity contribution is 0.188. The lowest BCUT2D eigenvalue weighted by Gasteiger charge is -1.97. The Morgan fingerprint density at radius 1 is 1.71 bits per heavy atom.